The Balaban J connectivity index is 2.12. The smallest absolute Gasteiger partial charge is 0.335 e. The first-order valence-corrected chi connectivity index (χ1v) is 9.29. The van der Waals surface area contributed by atoms with E-state index >= 15 is 0 Å². The molecule has 2 heterocycles. The topological polar surface area (TPSA) is 94.3 Å². The molecular formula is C12H13N2O5S2+. The van der Waals surface area contributed by atoms with E-state index in [1.807, 2.05) is 0 Å². The summed E-state index contributed by atoms with van der Waals surface area (Å²) in [6.07, 6.45) is 4.65. The third-order valence-corrected chi connectivity index (χ3v) is 6.24. The molecule has 21 heavy (non-hydrogen) atoms. The molecule has 1 N–H and O–H groups in total. The second-order valence-electron chi connectivity index (χ2n) is 4.68. The molecule has 0 fully saturated rings. The standard InChI is InChI=1S/C12H12N2O5S2/c15-20(16)8-5-10-3-1-4-11(12(10)19-20)21(17,18)14-7-2-6-13-9-14/h1-4,6,9H,5,7-8H2/p+1. The van der Waals surface area contributed by atoms with E-state index < -0.39 is 20.1 Å². The zero-order chi connectivity index (χ0) is 15.1. The lowest BCUT2D eigenvalue weighted by Crippen LogP contribution is -3.13. The summed E-state index contributed by atoms with van der Waals surface area (Å²) in [5.74, 6) is -0.233. The molecule has 0 aliphatic carbocycles. The van der Waals surface area contributed by atoms with Crippen LogP contribution in [-0.4, -0.2) is 35.5 Å². The van der Waals surface area contributed by atoms with Gasteiger partial charge >= 0.3 is 20.1 Å². The lowest BCUT2D eigenvalue weighted by Gasteiger charge is -2.21. The Morgan fingerprint density at radius 1 is 1.29 bits per heavy atom. The Labute approximate surface area is 122 Å². The number of fused-ring (bicyclic) bond motifs is 1. The lowest BCUT2D eigenvalue weighted by atomic mass is 10.1. The number of aryl methyl sites for hydroxylation is 1. The molecule has 1 aromatic carbocycles. The summed E-state index contributed by atoms with van der Waals surface area (Å²) in [5, 5.41) is 0. The molecule has 2 aliphatic rings. The molecule has 112 valence electrons. The molecular weight excluding hydrogens is 316 g/mol. The molecule has 1 atom stereocenters. The van der Waals surface area contributed by atoms with Gasteiger partial charge in [-0.15, -0.1) is 0 Å². The van der Waals surface area contributed by atoms with E-state index in [4.69, 9.17) is 4.18 Å². The van der Waals surface area contributed by atoms with Crippen molar-refractivity contribution in [1.82, 2.24) is 0 Å². The van der Waals surface area contributed by atoms with Gasteiger partial charge in [0.15, 0.2) is 10.6 Å². The minimum Gasteiger partial charge on any atom is -0.380 e. The zero-order valence-corrected chi connectivity index (χ0v) is 12.5. The SMILES string of the molecule is O=S1(=O)CCc2cccc(S(=O)(=O)[NH+]3C=NC=CC3)c2O1. The number of nitrogens with one attached hydrogen (secondary N) is 1. The highest BCUT2D eigenvalue weighted by Crippen LogP contribution is 2.32. The van der Waals surface area contributed by atoms with Crippen LogP contribution in [0.25, 0.3) is 0 Å². The van der Waals surface area contributed by atoms with Crippen molar-refractivity contribution >= 4 is 26.5 Å². The van der Waals surface area contributed by atoms with Crippen LogP contribution in [0.1, 0.15) is 5.56 Å². The molecule has 0 spiro atoms. The Kier molecular flexibility index (Phi) is 3.34. The van der Waals surface area contributed by atoms with E-state index in [0.29, 0.717) is 5.56 Å². The number of sulfonamides is 1. The molecule has 0 saturated heterocycles. The van der Waals surface area contributed by atoms with Crippen molar-refractivity contribution in [2.24, 2.45) is 4.99 Å². The fourth-order valence-corrected chi connectivity index (χ4v) is 4.73. The van der Waals surface area contributed by atoms with Crippen LogP contribution < -0.4 is 8.49 Å². The first kappa shape index (κ1) is 14.2. The third-order valence-electron chi connectivity index (χ3n) is 3.26. The average molecular weight is 329 g/mol. The second-order valence-corrected chi connectivity index (χ2v) is 8.34. The summed E-state index contributed by atoms with van der Waals surface area (Å²) in [5.41, 5.74) is 0.579. The quantitative estimate of drug-likeness (QED) is 0.708. The van der Waals surface area contributed by atoms with Gasteiger partial charge in [0, 0.05) is 6.20 Å². The fourth-order valence-electron chi connectivity index (χ4n) is 2.20. The van der Waals surface area contributed by atoms with Crippen LogP contribution in [-0.2, 0) is 26.6 Å². The highest BCUT2D eigenvalue weighted by molar-refractivity contribution is 7.87. The minimum absolute atomic E-state index is 0.0841. The van der Waals surface area contributed by atoms with Gasteiger partial charge in [-0.25, -0.2) is 4.99 Å². The van der Waals surface area contributed by atoms with Crippen molar-refractivity contribution in [3.63, 3.8) is 0 Å². The van der Waals surface area contributed by atoms with Crippen LogP contribution in [0.15, 0.2) is 40.4 Å². The summed E-state index contributed by atoms with van der Waals surface area (Å²) in [6.45, 7) is 0.224. The molecule has 0 amide bonds. The molecule has 7 nitrogen and oxygen atoms in total. The Morgan fingerprint density at radius 3 is 2.81 bits per heavy atom. The first-order valence-electron chi connectivity index (χ1n) is 6.23. The molecule has 2 aliphatic heterocycles. The van der Waals surface area contributed by atoms with Crippen molar-refractivity contribution in [3.8, 4) is 5.75 Å². The van der Waals surface area contributed by atoms with Gasteiger partial charge in [-0.05, 0) is 24.1 Å². The Morgan fingerprint density at radius 2 is 2.10 bits per heavy atom. The average Bonchev–Trinajstić information content (AvgIpc) is 2.46. The van der Waals surface area contributed by atoms with Crippen LogP contribution >= 0.6 is 0 Å². The molecule has 1 aromatic rings. The monoisotopic (exact) mass is 329 g/mol. The van der Waals surface area contributed by atoms with Gasteiger partial charge in [-0.2, -0.15) is 21.1 Å². The fraction of sp³-hybridized carbons (Fsp3) is 0.250. The lowest BCUT2D eigenvalue weighted by molar-refractivity contribution is -0.644. The third kappa shape index (κ3) is 2.59. The van der Waals surface area contributed by atoms with E-state index in [1.54, 1.807) is 18.2 Å². The number of rotatable bonds is 2. The number of quaternary nitrogens is 1. The highest BCUT2D eigenvalue weighted by Gasteiger charge is 2.35. The molecule has 9 heteroatoms. The maximum absolute atomic E-state index is 12.6. The molecule has 3 rings (SSSR count). The van der Waals surface area contributed by atoms with Crippen LogP contribution in [0.3, 0.4) is 0 Å². The van der Waals surface area contributed by atoms with E-state index in [2.05, 4.69) is 4.99 Å². The van der Waals surface area contributed by atoms with Crippen molar-refractivity contribution < 1.29 is 25.3 Å². The van der Waals surface area contributed by atoms with Crippen LogP contribution in [0.4, 0.5) is 0 Å². The van der Waals surface area contributed by atoms with Gasteiger partial charge in [0.05, 0.1) is 5.75 Å². The van der Waals surface area contributed by atoms with Gasteiger partial charge in [0.2, 0.25) is 6.34 Å². The maximum Gasteiger partial charge on any atom is 0.335 e. The number of hydrogen-bond donors (Lipinski definition) is 1. The van der Waals surface area contributed by atoms with Gasteiger partial charge in [-0.1, -0.05) is 12.1 Å². The normalized spacial score (nSPS) is 23.3. The van der Waals surface area contributed by atoms with Gasteiger partial charge in [-0.3, -0.25) is 0 Å². The predicted octanol–water partition coefficient (Wildman–Crippen LogP) is -0.919. The first-order chi connectivity index (χ1) is 9.90. The number of hydrogen-bond acceptors (Lipinski definition) is 6. The summed E-state index contributed by atoms with van der Waals surface area (Å²) in [6, 6.07) is 4.61. The molecule has 0 bridgehead atoms. The maximum atomic E-state index is 12.6. The number of benzene rings is 1. The van der Waals surface area contributed by atoms with E-state index in [-0.39, 0.29) is 33.7 Å². The van der Waals surface area contributed by atoms with Crippen LogP contribution in [0.2, 0.25) is 0 Å². The number of nitrogens with zero attached hydrogens (tertiary/aromatic N) is 1. The van der Waals surface area contributed by atoms with Gasteiger partial charge in [0.25, 0.3) is 0 Å². The predicted molar refractivity (Wildman–Crippen MR) is 75.2 cm³/mol. The van der Waals surface area contributed by atoms with Crippen molar-refractivity contribution in [3.05, 3.63) is 36.0 Å². The van der Waals surface area contributed by atoms with Gasteiger partial charge in [0.1, 0.15) is 6.54 Å². The van der Waals surface area contributed by atoms with Crippen molar-refractivity contribution in [2.45, 2.75) is 11.3 Å². The van der Waals surface area contributed by atoms with Crippen molar-refractivity contribution in [2.75, 3.05) is 12.3 Å². The Bertz CT molecular complexity index is 840. The minimum atomic E-state index is -3.83. The van der Waals surface area contributed by atoms with E-state index in [0.717, 1.165) is 0 Å². The number of para-hydroxylation sites is 1. The second kappa shape index (κ2) is 4.93. The van der Waals surface area contributed by atoms with E-state index in [1.165, 1.54) is 18.6 Å². The summed E-state index contributed by atoms with van der Waals surface area (Å²) in [4.78, 5) is 3.69. The van der Waals surface area contributed by atoms with Crippen LogP contribution in [0.5, 0.6) is 5.75 Å². The molecule has 1 unspecified atom stereocenters. The largest absolute Gasteiger partial charge is 0.380 e. The Hall–Kier alpha value is -1.71. The van der Waals surface area contributed by atoms with Gasteiger partial charge < -0.3 is 4.18 Å². The van der Waals surface area contributed by atoms with E-state index in [9.17, 15) is 16.8 Å². The zero-order valence-electron chi connectivity index (χ0n) is 10.9. The molecule has 0 saturated carbocycles. The summed E-state index contributed by atoms with van der Waals surface area (Å²) < 4.78 is 53.5. The highest BCUT2D eigenvalue weighted by atomic mass is 32.2. The van der Waals surface area contributed by atoms with Crippen molar-refractivity contribution in [1.29, 1.82) is 0 Å². The number of aliphatic imine (C=N–C) groups is 1. The molecule has 0 aromatic heterocycles. The summed E-state index contributed by atoms with van der Waals surface area (Å²) >= 11 is 0. The molecule has 0 radical (unpaired) electrons. The van der Waals surface area contributed by atoms with Crippen LogP contribution in [0, 0.1) is 0 Å². The summed E-state index contributed by atoms with van der Waals surface area (Å²) in [7, 11) is -7.56.